The van der Waals surface area contributed by atoms with Gasteiger partial charge in [0.25, 0.3) is 0 Å². The molecule has 1 aliphatic rings. The fourth-order valence-corrected chi connectivity index (χ4v) is 4.41. The Labute approximate surface area is 215 Å². The number of benzene rings is 2. The lowest BCUT2D eigenvalue weighted by molar-refractivity contribution is 0.262. The average molecular weight is 495 g/mol. The number of pyridine rings is 1. The van der Waals surface area contributed by atoms with Crippen LogP contribution in [0.2, 0.25) is 11.8 Å². The maximum atomic E-state index is 12.9. The van der Waals surface area contributed by atoms with Gasteiger partial charge in [0, 0.05) is 46.6 Å². The molecule has 0 unspecified atom stereocenters. The first-order chi connectivity index (χ1) is 18.8. The van der Waals surface area contributed by atoms with Crippen molar-refractivity contribution in [1.29, 1.82) is 0 Å². The standard InChI is InChI=1S/C25H25BClN5O3/c1-26(34)32-13-10-18-16(8-11-28-24(18)32)15-31-12-9-19-20(4-3-5-22(19)31)29-25(33)30-21-14-17(27)6-7-23(21)35-2/h3-8,10-11,13-14,34H,9,12,15H2,1-2H3,(H2,29,30,33)/i2D3,15D2. The molecule has 0 radical (unpaired) electrons. The van der Waals surface area contributed by atoms with Crippen LogP contribution in [-0.2, 0) is 12.9 Å². The SMILES string of the molecule is [2H]C([2H])([2H])Oc1ccc(Cl)cc1NC(=O)Nc1cccc2c1CCN2C([2H])([2H])c1ccnc2c1ccn2B(C)O. The van der Waals surface area contributed by atoms with Crippen LogP contribution < -0.4 is 20.3 Å². The molecule has 0 fully saturated rings. The molecule has 178 valence electrons. The third kappa shape index (κ3) is 4.52. The number of ether oxygens (including phenoxy) is 1. The average Bonchev–Trinajstić information content (AvgIpc) is 3.50. The molecule has 8 nitrogen and oxygen atoms in total. The number of urea groups is 1. The molecule has 0 spiro atoms. The zero-order valence-electron chi connectivity index (χ0n) is 23.7. The maximum Gasteiger partial charge on any atom is 0.414 e. The number of anilines is 3. The smallest absolute Gasteiger partial charge is 0.414 e. The summed E-state index contributed by atoms with van der Waals surface area (Å²) in [5.74, 6) is -0.0645. The maximum absolute atomic E-state index is 12.9. The van der Waals surface area contributed by atoms with Gasteiger partial charge in [-0.15, -0.1) is 0 Å². The number of aromatic nitrogens is 2. The van der Waals surface area contributed by atoms with Crippen LogP contribution in [0.5, 0.6) is 5.75 Å². The summed E-state index contributed by atoms with van der Waals surface area (Å²) in [6.07, 6.45) is 3.67. The number of rotatable bonds is 6. The molecule has 10 heteroatoms. The Morgan fingerprint density at radius 3 is 2.97 bits per heavy atom. The van der Waals surface area contributed by atoms with Crippen LogP contribution in [0.1, 0.15) is 18.0 Å². The Kier molecular flexibility index (Phi) is 4.82. The molecular weight excluding hydrogens is 465 g/mol. The van der Waals surface area contributed by atoms with E-state index in [1.54, 1.807) is 52.7 Å². The molecule has 0 aliphatic carbocycles. The van der Waals surface area contributed by atoms with E-state index < -0.39 is 26.6 Å². The van der Waals surface area contributed by atoms with Gasteiger partial charge in [-0.25, -0.2) is 9.78 Å². The number of methoxy groups -OCH3 is 1. The second-order valence-corrected chi connectivity index (χ2v) is 8.53. The lowest BCUT2D eigenvalue weighted by atomic mass is 9.88. The van der Waals surface area contributed by atoms with Crippen LogP contribution >= 0.6 is 11.6 Å². The predicted molar refractivity (Wildman–Crippen MR) is 141 cm³/mol. The minimum absolute atomic E-state index is 0.0645. The number of carbonyl (C=O) groups excluding carboxylic acids is 1. The van der Waals surface area contributed by atoms with Crippen molar-refractivity contribution in [3.63, 3.8) is 0 Å². The van der Waals surface area contributed by atoms with Crippen molar-refractivity contribution in [2.45, 2.75) is 19.7 Å². The highest BCUT2D eigenvalue weighted by molar-refractivity contribution is 6.48. The third-order valence-electron chi connectivity index (χ3n) is 5.85. The molecule has 0 saturated carbocycles. The van der Waals surface area contributed by atoms with Gasteiger partial charge in [0.2, 0.25) is 0 Å². The van der Waals surface area contributed by atoms with Crippen molar-refractivity contribution in [3.8, 4) is 5.75 Å². The lowest BCUT2D eigenvalue weighted by Crippen LogP contribution is -2.21. The molecule has 35 heavy (non-hydrogen) atoms. The first-order valence-electron chi connectivity index (χ1n) is 13.5. The molecule has 0 bridgehead atoms. The number of nitrogens with zero attached hydrogens (tertiary/aromatic N) is 3. The number of halogens is 1. The van der Waals surface area contributed by atoms with Crippen molar-refractivity contribution in [3.05, 3.63) is 77.1 Å². The minimum Gasteiger partial charge on any atom is -0.495 e. The molecule has 2 aromatic heterocycles. The van der Waals surface area contributed by atoms with E-state index in [1.807, 2.05) is 0 Å². The quantitative estimate of drug-likeness (QED) is 0.333. The highest BCUT2D eigenvalue weighted by Gasteiger charge is 2.24. The first-order valence-corrected chi connectivity index (χ1v) is 11.3. The number of hydrogen-bond acceptors (Lipinski definition) is 5. The van der Waals surface area contributed by atoms with Crippen LogP contribution in [0.4, 0.5) is 21.9 Å². The molecule has 1 aliphatic heterocycles. The fraction of sp³-hybridized carbons (Fsp3) is 0.200. The number of hydrogen-bond donors (Lipinski definition) is 3. The molecule has 2 aromatic carbocycles. The van der Waals surface area contributed by atoms with Crippen molar-refractivity contribution < 1.29 is 21.4 Å². The summed E-state index contributed by atoms with van der Waals surface area (Å²) >= 11 is 6.04. The van der Waals surface area contributed by atoms with Gasteiger partial charge in [-0.2, -0.15) is 0 Å². The Hall–Kier alpha value is -3.69. The van der Waals surface area contributed by atoms with Crippen molar-refractivity contribution in [2.75, 3.05) is 29.1 Å². The molecule has 3 heterocycles. The van der Waals surface area contributed by atoms with E-state index in [0.717, 1.165) is 5.56 Å². The van der Waals surface area contributed by atoms with Crippen molar-refractivity contribution in [1.82, 2.24) is 9.46 Å². The monoisotopic (exact) mass is 494 g/mol. The van der Waals surface area contributed by atoms with E-state index in [4.69, 9.17) is 23.2 Å². The molecule has 4 aromatic rings. The van der Waals surface area contributed by atoms with E-state index in [-0.39, 0.29) is 16.5 Å². The van der Waals surface area contributed by atoms with Gasteiger partial charge in [0.05, 0.1) is 19.6 Å². The molecule has 5 rings (SSSR count). The highest BCUT2D eigenvalue weighted by Crippen LogP contribution is 2.36. The van der Waals surface area contributed by atoms with Crippen LogP contribution in [0.3, 0.4) is 0 Å². The van der Waals surface area contributed by atoms with Crippen LogP contribution in [0.15, 0.2) is 60.9 Å². The van der Waals surface area contributed by atoms with E-state index in [2.05, 4.69) is 15.6 Å². The molecule has 3 N–H and O–H groups in total. The Morgan fingerprint density at radius 2 is 2.14 bits per heavy atom. The zero-order valence-corrected chi connectivity index (χ0v) is 19.5. The molecule has 2 amide bonds. The molecule has 0 atom stereocenters. The Balaban J connectivity index is 1.41. The number of carbonyl (C=O) groups is 1. The van der Waals surface area contributed by atoms with E-state index in [1.165, 1.54) is 24.4 Å². The van der Waals surface area contributed by atoms with Gasteiger partial charge in [-0.3, -0.25) is 0 Å². The Bertz CT molecular complexity index is 1600. The zero-order chi connectivity index (χ0) is 28.8. The van der Waals surface area contributed by atoms with Crippen molar-refractivity contribution in [2.24, 2.45) is 0 Å². The van der Waals surface area contributed by atoms with Gasteiger partial charge < -0.3 is 29.8 Å². The number of amides is 2. The second kappa shape index (κ2) is 9.52. The third-order valence-corrected chi connectivity index (χ3v) is 6.08. The molecular formula is C25H25BClN5O3. The fourth-order valence-electron chi connectivity index (χ4n) is 4.23. The van der Waals surface area contributed by atoms with Crippen molar-refractivity contribution >= 4 is 52.8 Å². The summed E-state index contributed by atoms with van der Waals surface area (Å²) < 4.78 is 46.8. The van der Waals surface area contributed by atoms with E-state index in [9.17, 15) is 9.82 Å². The summed E-state index contributed by atoms with van der Waals surface area (Å²) in [4.78, 5) is 18.9. The summed E-state index contributed by atoms with van der Waals surface area (Å²) in [5.41, 5.74) is 2.82. The predicted octanol–water partition coefficient (Wildman–Crippen LogP) is 4.86. The summed E-state index contributed by atoms with van der Waals surface area (Å²) in [5, 5.41) is 16.3. The molecule has 0 saturated heterocycles. The largest absolute Gasteiger partial charge is 0.495 e. The van der Waals surface area contributed by atoms with E-state index >= 15 is 0 Å². The van der Waals surface area contributed by atoms with Gasteiger partial charge in [0.1, 0.15) is 11.4 Å². The summed E-state index contributed by atoms with van der Waals surface area (Å²) in [7, 11) is -3.54. The van der Waals surface area contributed by atoms with Gasteiger partial charge >= 0.3 is 13.1 Å². The topological polar surface area (TPSA) is 91.7 Å². The highest BCUT2D eigenvalue weighted by atomic mass is 35.5. The normalized spacial score (nSPS) is 15.4. The van der Waals surface area contributed by atoms with Gasteiger partial charge in [-0.05, 0) is 67.5 Å². The number of fused-ring (bicyclic) bond motifs is 2. The van der Waals surface area contributed by atoms with E-state index in [0.29, 0.717) is 40.9 Å². The van der Waals surface area contributed by atoms with Gasteiger partial charge in [0.15, 0.2) is 0 Å². The van der Waals surface area contributed by atoms with Crippen LogP contribution in [-0.4, -0.2) is 41.2 Å². The first kappa shape index (κ1) is 17.7. The minimum atomic E-state index is -2.72. The van der Waals surface area contributed by atoms with Gasteiger partial charge in [-0.1, -0.05) is 17.7 Å². The second-order valence-electron chi connectivity index (χ2n) is 8.09. The Morgan fingerprint density at radius 1 is 1.29 bits per heavy atom. The van der Waals surface area contributed by atoms with Crippen LogP contribution in [0, 0.1) is 0 Å². The van der Waals surface area contributed by atoms with Crippen LogP contribution in [0.25, 0.3) is 11.0 Å². The lowest BCUT2D eigenvalue weighted by Gasteiger charge is -2.21. The summed E-state index contributed by atoms with van der Waals surface area (Å²) in [6, 6.07) is 12.1. The number of nitrogens with one attached hydrogen (secondary N) is 2. The summed E-state index contributed by atoms with van der Waals surface area (Å²) in [6.45, 7) is 0.0342.